The summed E-state index contributed by atoms with van der Waals surface area (Å²) in [6.45, 7) is 12.2. The number of nitrogens with zero attached hydrogens (tertiary/aromatic N) is 1. The summed E-state index contributed by atoms with van der Waals surface area (Å²) < 4.78 is 5.76. The maximum Gasteiger partial charge on any atom is 0.0753 e. The Kier molecular flexibility index (Phi) is 3.33. The van der Waals surface area contributed by atoms with Crippen molar-refractivity contribution in [3.05, 3.63) is 0 Å². The van der Waals surface area contributed by atoms with E-state index in [0.717, 1.165) is 31.7 Å². The molecular formula is C12H24N2O. The van der Waals surface area contributed by atoms with Gasteiger partial charge in [-0.1, -0.05) is 6.92 Å². The van der Waals surface area contributed by atoms with Crippen LogP contribution in [0.4, 0.5) is 0 Å². The first-order valence-electron chi connectivity index (χ1n) is 6.17. The molecule has 2 unspecified atom stereocenters. The van der Waals surface area contributed by atoms with Gasteiger partial charge in [0.25, 0.3) is 0 Å². The molecule has 0 saturated carbocycles. The third kappa shape index (κ3) is 2.71. The fourth-order valence-electron chi connectivity index (χ4n) is 2.88. The Hall–Kier alpha value is -0.120. The van der Waals surface area contributed by atoms with Crippen LogP contribution in [0.2, 0.25) is 0 Å². The first-order chi connectivity index (χ1) is 7.08. The third-order valence-corrected chi connectivity index (χ3v) is 3.66. The van der Waals surface area contributed by atoms with Crippen molar-refractivity contribution < 1.29 is 4.74 Å². The van der Waals surface area contributed by atoms with Gasteiger partial charge in [0, 0.05) is 19.1 Å². The summed E-state index contributed by atoms with van der Waals surface area (Å²) in [6.07, 6.45) is 1.29. The van der Waals surface area contributed by atoms with Crippen molar-refractivity contribution in [1.29, 1.82) is 0 Å². The number of hydrogen-bond acceptors (Lipinski definition) is 3. The zero-order valence-corrected chi connectivity index (χ0v) is 10.3. The van der Waals surface area contributed by atoms with Crippen molar-refractivity contribution in [2.75, 3.05) is 32.8 Å². The predicted octanol–water partition coefficient (Wildman–Crippen LogP) is 1.10. The topological polar surface area (TPSA) is 24.5 Å². The van der Waals surface area contributed by atoms with Crippen LogP contribution in [0, 0.1) is 5.92 Å². The molecule has 0 radical (unpaired) electrons. The summed E-state index contributed by atoms with van der Waals surface area (Å²) in [5.74, 6) is 0.771. The second-order valence-electron chi connectivity index (χ2n) is 5.62. The van der Waals surface area contributed by atoms with Crippen molar-refractivity contribution in [2.24, 2.45) is 5.92 Å². The molecule has 2 fully saturated rings. The largest absolute Gasteiger partial charge is 0.373 e. The van der Waals surface area contributed by atoms with Crippen LogP contribution in [0.15, 0.2) is 0 Å². The lowest BCUT2D eigenvalue weighted by Gasteiger charge is -2.45. The van der Waals surface area contributed by atoms with Crippen LogP contribution in [0.25, 0.3) is 0 Å². The molecule has 0 spiro atoms. The van der Waals surface area contributed by atoms with E-state index in [1.165, 1.54) is 19.5 Å². The van der Waals surface area contributed by atoms with E-state index in [9.17, 15) is 0 Å². The Morgan fingerprint density at radius 3 is 2.87 bits per heavy atom. The molecule has 1 N–H and O–H groups in total. The number of ether oxygens (including phenoxy) is 1. The molecule has 88 valence electrons. The van der Waals surface area contributed by atoms with Gasteiger partial charge in [-0.15, -0.1) is 0 Å². The molecule has 2 heterocycles. The van der Waals surface area contributed by atoms with Crippen LogP contribution in [-0.4, -0.2) is 49.3 Å². The SMILES string of the molecule is CC1CNCCC1N1CCOC(C)(C)C1. The van der Waals surface area contributed by atoms with E-state index in [0.29, 0.717) is 0 Å². The summed E-state index contributed by atoms with van der Waals surface area (Å²) in [5, 5.41) is 3.47. The fourth-order valence-corrected chi connectivity index (χ4v) is 2.88. The highest BCUT2D eigenvalue weighted by atomic mass is 16.5. The lowest BCUT2D eigenvalue weighted by molar-refractivity contribution is -0.105. The molecule has 2 atom stereocenters. The highest BCUT2D eigenvalue weighted by Crippen LogP contribution is 2.24. The molecule has 15 heavy (non-hydrogen) atoms. The first-order valence-corrected chi connectivity index (χ1v) is 6.17. The summed E-state index contributed by atoms with van der Waals surface area (Å²) in [6, 6.07) is 0.759. The van der Waals surface area contributed by atoms with Crippen molar-refractivity contribution >= 4 is 0 Å². The van der Waals surface area contributed by atoms with Crippen molar-refractivity contribution in [2.45, 2.75) is 38.8 Å². The number of rotatable bonds is 1. The number of nitrogens with one attached hydrogen (secondary N) is 1. The molecular weight excluding hydrogens is 188 g/mol. The van der Waals surface area contributed by atoms with Gasteiger partial charge in [0.2, 0.25) is 0 Å². The molecule has 0 bridgehead atoms. The molecule has 2 rings (SSSR count). The average molecular weight is 212 g/mol. The minimum atomic E-state index is 0.0445. The van der Waals surface area contributed by atoms with Crippen LogP contribution in [0.3, 0.4) is 0 Å². The number of morpholine rings is 1. The Morgan fingerprint density at radius 1 is 1.40 bits per heavy atom. The van der Waals surface area contributed by atoms with Gasteiger partial charge in [0.1, 0.15) is 0 Å². The van der Waals surface area contributed by atoms with Gasteiger partial charge in [-0.25, -0.2) is 0 Å². The zero-order valence-electron chi connectivity index (χ0n) is 10.3. The first kappa shape index (κ1) is 11.4. The van der Waals surface area contributed by atoms with E-state index in [2.05, 4.69) is 31.0 Å². The van der Waals surface area contributed by atoms with E-state index in [4.69, 9.17) is 4.74 Å². The van der Waals surface area contributed by atoms with Gasteiger partial charge in [0.15, 0.2) is 0 Å². The zero-order chi connectivity index (χ0) is 10.9. The third-order valence-electron chi connectivity index (χ3n) is 3.66. The summed E-state index contributed by atoms with van der Waals surface area (Å²) in [4.78, 5) is 2.63. The molecule has 0 aliphatic carbocycles. The van der Waals surface area contributed by atoms with E-state index < -0.39 is 0 Å². The van der Waals surface area contributed by atoms with Crippen molar-refractivity contribution in [3.63, 3.8) is 0 Å². The highest BCUT2D eigenvalue weighted by molar-refractivity contribution is 4.88. The van der Waals surface area contributed by atoms with Gasteiger partial charge in [-0.2, -0.15) is 0 Å². The van der Waals surface area contributed by atoms with E-state index in [-0.39, 0.29) is 5.60 Å². The summed E-state index contributed by atoms with van der Waals surface area (Å²) in [5.41, 5.74) is 0.0445. The van der Waals surface area contributed by atoms with Crippen molar-refractivity contribution in [1.82, 2.24) is 10.2 Å². The molecule has 2 aliphatic rings. The van der Waals surface area contributed by atoms with E-state index >= 15 is 0 Å². The Morgan fingerprint density at radius 2 is 2.20 bits per heavy atom. The lowest BCUT2D eigenvalue weighted by Crippen LogP contribution is -2.56. The normalized spacial score (nSPS) is 37.8. The van der Waals surface area contributed by atoms with Crippen LogP contribution < -0.4 is 5.32 Å². The second-order valence-corrected chi connectivity index (χ2v) is 5.62. The second kappa shape index (κ2) is 4.40. The molecule has 0 amide bonds. The number of piperidine rings is 1. The fraction of sp³-hybridized carbons (Fsp3) is 1.00. The van der Waals surface area contributed by atoms with Gasteiger partial charge in [0.05, 0.1) is 12.2 Å². The molecule has 0 aromatic heterocycles. The van der Waals surface area contributed by atoms with Crippen LogP contribution in [0.1, 0.15) is 27.2 Å². The Bertz CT molecular complexity index is 218. The maximum atomic E-state index is 5.76. The Balaban J connectivity index is 1.96. The molecule has 2 aliphatic heterocycles. The van der Waals surface area contributed by atoms with Gasteiger partial charge >= 0.3 is 0 Å². The quantitative estimate of drug-likeness (QED) is 0.704. The molecule has 3 heteroatoms. The molecule has 3 nitrogen and oxygen atoms in total. The summed E-state index contributed by atoms with van der Waals surface area (Å²) >= 11 is 0. The monoisotopic (exact) mass is 212 g/mol. The molecule has 0 aromatic carbocycles. The standard InChI is InChI=1S/C12H24N2O/c1-10-8-13-5-4-11(10)14-6-7-15-12(2,3)9-14/h10-11,13H,4-9H2,1-3H3. The van der Waals surface area contributed by atoms with Gasteiger partial charge < -0.3 is 10.1 Å². The van der Waals surface area contributed by atoms with Crippen LogP contribution in [0.5, 0.6) is 0 Å². The molecule has 0 aromatic rings. The summed E-state index contributed by atoms with van der Waals surface area (Å²) in [7, 11) is 0. The number of hydrogen-bond donors (Lipinski definition) is 1. The van der Waals surface area contributed by atoms with E-state index in [1.807, 2.05) is 0 Å². The minimum absolute atomic E-state index is 0.0445. The van der Waals surface area contributed by atoms with Gasteiger partial charge in [-0.3, -0.25) is 4.90 Å². The highest BCUT2D eigenvalue weighted by Gasteiger charge is 2.34. The van der Waals surface area contributed by atoms with Crippen molar-refractivity contribution in [3.8, 4) is 0 Å². The van der Waals surface area contributed by atoms with E-state index in [1.54, 1.807) is 0 Å². The smallest absolute Gasteiger partial charge is 0.0753 e. The Labute approximate surface area is 93.2 Å². The molecule has 2 saturated heterocycles. The lowest BCUT2D eigenvalue weighted by atomic mass is 9.92. The predicted molar refractivity (Wildman–Crippen MR) is 62.0 cm³/mol. The minimum Gasteiger partial charge on any atom is -0.373 e. The van der Waals surface area contributed by atoms with Crippen LogP contribution in [-0.2, 0) is 4.74 Å². The van der Waals surface area contributed by atoms with Gasteiger partial charge in [-0.05, 0) is 39.3 Å². The maximum absolute atomic E-state index is 5.76. The van der Waals surface area contributed by atoms with Crippen LogP contribution >= 0.6 is 0 Å². The average Bonchev–Trinajstić information content (AvgIpc) is 2.17.